The van der Waals surface area contributed by atoms with Gasteiger partial charge in [-0.25, -0.2) is 12.8 Å². The van der Waals surface area contributed by atoms with Gasteiger partial charge in [-0.05, 0) is 50.3 Å². The van der Waals surface area contributed by atoms with Crippen LogP contribution in [0, 0.1) is 17.7 Å². The van der Waals surface area contributed by atoms with Crippen LogP contribution in [0.1, 0.15) is 32.1 Å². The van der Waals surface area contributed by atoms with Crippen molar-refractivity contribution in [2.75, 3.05) is 16.8 Å². The highest BCUT2D eigenvalue weighted by atomic mass is 32.2. The van der Waals surface area contributed by atoms with E-state index in [0.29, 0.717) is 37.8 Å². The van der Waals surface area contributed by atoms with Crippen molar-refractivity contribution in [2.45, 2.75) is 38.1 Å². The average molecular weight is 382 g/mol. The van der Waals surface area contributed by atoms with Crippen LogP contribution in [0.25, 0.3) is 0 Å². The van der Waals surface area contributed by atoms with Crippen molar-refractivity contribution in [2.24, 2.45) is 11.8 Å². The molecule has 2 fully saturated rings. The molecule has 1 aromatic carbocycles. The van der Waals surface area contributed by atoms with Gasteiger partial charge in [0.2, 0.25) is 11.8 Å². The highest BCUT2D eigenvalue weighted by Gasteiger charge is 2.33. The van der Waals surface area contributed by atoms with Crippen LogP contribution in [0.2, 0.25) is 0 Å². The lowest BCUT2D eigenvalue weighted by atomic mass is 9.81. The van der Waals surface area contributed by atoms with Crippen LogP contribution in [-0.2, 0) is 19.4 Å². The Hall–Kier alpha value is -1.96. The van der Waals surface area contributed by atoms with Crippen molar-refractivity contribution < 1.29 is 22.4 Å². The monoisotopic (exact) mass is 382 g/mol. The van der Waals surface area contributed by atoms with Crippen molar-refractivity contribution >= 4 is 27.3 Å². The number of halogens is 1. The van der Waals surface area contributed by atoms with Crippen LogP contribution < -0.4 is 10.6 Å². The molecule has 0 aromatic heterocycles. The maximum absolute atomic E-state index is 13.2. The summed E-state index contributed by atoms with van der Waals surface area (Å²) in [6.45, 7) is 0. The number of amides is 2. The van der Waals surface area contributed by atoms with Gasteiger partial charge in [0.15, 0.2) is 9.84 Å². The van der Waals surface area contributed by atoms with E-state index in [1.165, 1.54) is 18.2 Å². The van der Waals surface area contributed by atoms with Gasteiger partial charge in [-0.2, -0.15) is 0 Å². The molecule has 0 radical (unpaired) electrons. The summed E-state index contributed by atoms with van der Waals surface area (Å²) in [6, 6.07) is 5.47. The number of carbonyl (C=O) groups excluding carboxylic acids is 2. The number of hydrogen-bond donors (Lipinski definition) is 2. The minimum atomic E-state index is -3.02. The predicted octanol–water partition coefficient (Wildman–Crippen LogP) is 1.87. The molecule has 26 heavy (non-hydrogen) atoms. The number of sulfone groups is 1. The predicted molar refractivity (Wildman–Crippen MR) is 95.7 cm³/mol. The number of benzene rings is 1. The first kappa shape index (κ1) is 18.8. The molecule has 6 nitrogen and oxygen atoms in total. The Morgan fingerprint density at radius 3 is 2.23 bits per heavy atom. The zero-order valence-corrected chi connectivity index (χ0v) is 15.2. The van der Waals surface area contributed by atoms with Crippen LogP contribution in [0.5, 0.6) is 0 Å². The molecular formula is C18H23FN2O4S. The van der Waals surface area contributed by atoms with Crippen molar-refractivity contribution in [3.05, 3.63) is 30.1 Å². The standard InChI is InChI=1S/C18H23FN2O4S/c19-14-2-1-3-15(10-14)20-17(22)12-4-6-13(7-5-12)18(23)21-16-8-9-26(24,25)11-16/h1-3,10,12-13,16H,4-9,11H2,(H,20,22)(H,21,23). The molecular weight excluding hydrogens is 359 g/mol. The Bertz CT molecular complexity index is 788. The Kier molecular flexibility index (Phi) is 5.60. The van der Waals surface area contributed by atoms with Crippen LogP contribution in [0.15, 0.2) is 24.3 Å². The van der Waals surface area contributed by atoms with E-state index in [4.69, 9.17) is 0 Å². The van der Waals surface area contributed by atoms with Crippen molar-refractivity contribution in [1.82, 2.24) is 5.32 Å². The van der Waals surface area contributed by atoms with Crippen molar-refractivity contribution in [1.29, 1.82) is 0 Å². The minimum Gasteiger partial charge on any atom is -0.352 e. The largest absolute Gasteiger partial charge is 0.352 e. The van der Waals surface area contributed by atoms with Gasteiger partial charge in [-0.3, -0.25) is 9.59 Å². The van der Waals surface area contributed by atoms with Crippen LogP contribution in [-0.4, -0.2) is 37.8 Å². The smallest absolute Gasteiger partial charge is 0.227 e. The second-order valence-electron chi connectivity index (χ2n) is 7.16. The van der Waals surface area contributed by atoms with E-state index in [1.54, 1.807) is 6.07 Å². The first-order valence-corrected chi connectivity index (χ1v) is 10.7. The second kappa shape index (κ2) is 7.73. The fourth-order valence-corrected chi connectivity index (χ4v) is 5.33. The lowest BCUT2D eigenvalue weighted by molar-refractivity contribution is -0.129. The molecule has 1 unspecified atom stereocenters. The summed E-state index contributed by atoms with van der Waals surface area (Å²) in [5, 5.41) is 5.55. The SMILES string of the molecule is O=C(Nc1cccc(F)c1)C1CCC(C(=O)NC2CCS(=O)(=O)C2)CC1. The van der Waals surface area contributed by atoms with E-state index in [9.17, 15) is 22.4 Å². The molecule has 1 heterocycles. The summed E-state index contributed by atoms with van der Waals surface area (Å²) >= 11 is 0. The third-order valence-electron chi connectivity index (χ3n) is 5.14. The fraction of sp³-hybridized carbons (Fsp3) is 0.556. The van der Waals surface area contributed by atoms with Gasteiger partial charge in [0, 0.05) is 23.6 Å². The number of carbonyl (C=O) groups is 2. The van der Waals surface area contributed by atoms with E-state index in [-0.39, 0.29) is 41.2 Å². The minimum absolute atomic E-state index is 0.0180. The normalized spacial score (nSPS) is 27.7. The summed E-state index contributed by atoms with van der Waals surface area (Å²) in [5.41, 5.74) is 0.428. The Morgan fingerprint density at radius 1 is 1.00 bits per heavy atom. The maximum atomic E-state index is 13.2. The molecule has 2 amide bonds. The van der Waals surface area contributed by atoms with Gasteiger partial charge in [0.1, 0.15) is 5.82 Å². The third kappa shape index (κ3) is 4.81. The van der Waals surface area contributed by atoms with Crippen LogP contribution >= 0.6 is 0 Å². The van der Waals surface area contributed by atoms with Crippen molar-refractivity contribution in [3.8, 4) is 0 Å². The summed E-state index contributed by atoms with van der Waals surface area (Å²) in [4.78, 5) is 24.6. The van der Waals surface area contributed by atoms with E-state index in [0.717, 1.165) is 0 Å². The van der Waals surface area contributed by atoms with Gasteiger partial charge in [0.05, 0.1) is 11.5 Å². The molecule has 2 aliphatic rings. The highest BCUT2D eigenvalue weighted by molar-refractivity contribution is 7.91. The van der Waals surface area contributed by atoms with Gasteiger partial charge in [-0.1, -0.05) is 6.07 Å². The summed E-state index contributed by atoms with van der Waals surface area (Å²) in [6.07, 6.45) is 2.82. The lowest BCUT2D eigenvalue weighted by Gasteiger charge is -2.27. The Balaban J connectivity index is 1.46. The molecule has 1 aliphatic heterocycles. The van der Waals surface area contributed by atoms with Gasteiger partial charge >= 0.3 is 0 Å². The van der Waals surface area contributed by atoms with E-state index in [2.05, 4.69) is 10.6 Å². The fourth-order valence-electron chi connectivity index (χ4n) is 3.66. The molecule has 8 heteroatoms. The lowest BCUT2D eigenvalue weighted by Crippen LogP contribution is -2.41. The average Bonchev–Trinajstić information content (AvgIpc) is 2.93. The molecule has 1 aliphatic carbocycles. The first-order valence-electron chi connectivity index (χ1n) is 8.89. The number of anilines is 1. The molecule has 142 valence electrons. The molecule has 0 spiro atoms. The third-order valence-corrected chi connectivity index (χ3v) is 6.91. The number of nitrogens with one attached hydrogen (secondary N) is 2. The molecule has 1 atom stereocenters. The Morgan fingerprint density at radius 2 is 1.65 bits per heavy atom. The van der Waals surface area contributed by atoms with Crippen LogP contribution in [0.3, 0.4) is 0 Å². The molecule has 3 rings (SSSR count). The van der Waals surface area contributed by atoms with E-state index >= 15 is 0 Å². The molecule has 1 saturated heterocycles. The van der Waals surface area contributed by atoms with Gasteiger partial charge in [-0.15, -0.1) is 0 Å². The first-order chi connectivity index (χ1) is 12.3. The summed E-state index contributed by atoms with van der Waals surface area (Å²) < 4.78 is 36.1. The zero-order chi connectivity index (χ0) is 18.7. The van der Waals surface area contributed by atoms with Gasteiger partial charge in [0.25, 0.3) is 0 Å². The van der Waals surface area contributed by atoms with Crippen molar-refractivity contribution in [3.63, 3.8) is 0 Å². The molecule has 2 N–H and O–H groups in total. The second-order valence-corrected chi connectivity index (χ2v) is 9.39. The van der Waals surface area contributed by atoms with Crippen LogP contribution in [0.4, 0.5) is 10.1 Å². The van der Waals surface area contributed by atoms with E-state index in [1.807, 2.05) is 0 Å². The number of rotatable bonds is 4. The zero-order valence-electron chi connectivity index (χ0n) is 14.4. The van der Waals surface area contributed by atoms with Gasteiger partial charge < -0.3 is 10.6 Å². The number of hydrogen-bond acceptors (Lipinski definition) is 4. The van der Waals surface area contributed by atoms with E-state index < -0.39 is 15.7 Å². The molecule has 1 saturated carbocycles. The topological polar surface area (TPSA) is 92.3 Å². The highest BCUT2D eigenvalue weighted by Crippen LogP contribution is 2.30. The quantitative estimate of drug-likeness (QED) is 0.832. The summed E-state index contributed by atoms with van der Waals surface area (Å²) in [5.74, 6) is -0.912. The maximum Gasteiger partial charge on any atom is 0.227 e. The Labute approximate surface area is 152 Å². The summed E-state index contributed by atoms with van der Waals surface area (Å²) in [7, 11) is -3.02. The molecule has 0 bridgehead atoms. The molecule has 1 aromatic rings.